The van der Waals surface area contributed by atoms with Crippen molar-refractivity contribution in [3.8, 4) is 28.6 Å². The second-order valence-electron chi connectivity index (χ2n) is 7.53. The molecule has 0 fully saturated rings. The first-order chi connectivity index (χ1) is 16.3. The summed E-state index contributed by atoms with van der Waals surface area (Å²) in [6.45, 7) is 1.94. The molecule has 2 aromatic carbocycles. The van der Waals surface area contributed by atoms with Gasteiger partial charge in [0.05, 0.1) is 23.0 Å². The number of H-pyrrole nitrogens is 1. The van der Waals surface area contributed by atoms with Crippen LogP contribution in [0.4, 0.5) is 19.1 Å². The van der Waals surface area contributed by atoms with Gasteiger partial charge in [0.25, 0.3) is 5.56 Å². The Morgan fingerprint density at radius 1 is 1.06 bits per heavy atom. The van der Waals surface area contributed by atoms with Gasteiger partial charge in [-0.25, -0.2) is 9.97 Å². The van der Waals surface area contributed by atoms with Crippen LogP contribution >= 0.6 is 0 Å². The van der Waals surface area contributed by atoms with Gasteiger partial charge in [0.1, 0.15) is 11.6 Å². The second kappa shape index (κ2) is 9.19. The molecule has 2 N–H and O–H groups in total. The Hall–Kier alpha value is -4.45. The largest absolute Gasteiger partial charge is 0.416 e. The van der Waals surface area contributed by atoms with Crippen LogP contribution in [0.25, 0.3) is 22.5 Å². The molecule has 0 unspecified atom stereocenters. The number of benzene rings is 2. The van der Waals surface area contributed by atoms with Crippen molar-refractivity contribution in [1.29, 1.82) is 5.26 Å². The highest BCUT2D eigenvalue weighted by atomic mass is 19.4. The maximum absolute atomic E-state index is 13.3. The van der Waals surface area contributed by atoms with Crippen molar-refractivity contribution < 1.29 is 13.2 Å². The zero-order valence-electron chi connectivity index (χ0n) is 17.9. The van der Waals surface area contributed by atoms with E-state index in [0.717, 1.165) is 17.7 Å². The number of nitrogens with zero attached hydrogens (tertiary/aromatic N) is 3. The van der Waals surface area contributed by atoms with Crippen LogP contribution in [0.3, 0.4) is 0 Å². The van der Waals surface area contributed by atoms with Crippen molar-refractivity contribution in [2.45, 2.75) is 19.1 Å². The number of rotatable bonds is 5. The zero-order valence-corrected chi connectivity index (χ0v) is 17.9. The molecule has 0 bridgehead atoms. The molecule has 4 aromatic rings. The van der Waals surface area contributed by atoms with Crippen LogP contribution in [0.1, 0.15) is 29.7 Å². The van der Waals surface area contributed by atoms with E-state index in [1.807, 2.05) is 37.3 Å². The van der Waals surface area contributed by atoms with E-state index in [2.05, 4.69) is 20.3 Å². The molecule has 1 atom stereocenters. The maximum atomic E-state index is 13.3. The van der Waals surface area contributed by atoms with Gasteiger partial charge >= 0.3 is 6.18 Å². The third-order valence-electron chi connectivity index (χ3n) is 5.22. The molecule has 6 nitrogen and oxygen atoms in total. The Morgan fingerprint density at radius 2 is 1.82 bits per heavy atom. The quantitative estimate of drug-likeness (QED) is 0.406. The van der Waals surface area contributed by atoms with Crippen LogP contribution in [0.5, 0.6) is 0 Å². The molecule has 2 aromatic heterocycles. The summed E-state index contributed by atoms with van der Waals surface area (Å²) in [4.78, 5) is 23.6. The van der Waals surface area contributed by atoms with Gasteiger partial charge in [0.15, 0.2) is 0 Å². The summed E-state index contributed by atoms with van der Waals surface area (Å²) in [5.74, 6) is 0.286. The standard InChI is InChI=1S/C25H18F3N5O/c1-15(16-6-3-2-4-7-16)31-24-30-11-10-21(32-24)20-13-18(14-29)23(34)33-22(20)17-8-5-9-19(12-17)25(26,27)28/h2-13,15H,1H3,(H,33,34)(H,30,31,32)/t15-/m0/s1. The molecule has 0 amide bonds. The van der Waals surface area contributed by atoms with Gasteiger partial charge in [0.2, 0.25) is 5.95 Å². The van der Waals surface area contributed by atoms with Gasteiger partial charge in [-0.3, -0.25) is 4.79 Å². The average molecular weight is 461 g/mol. The highest BCUT2D eigenvalue weighted by Gasteiger charge is 2.30. The molecule has 0 saturated heterocycles. The summed E-state index contributed by atoms with van der Waals surface area (Å²) in [5.41, 5.74) is 0.152. The number of pyridine rings is 1. The fraction of sp³-hybridized carbons (Fsp3) is 0.120. The molecule has 34 heavy (non-hydrogen) atoms. The number of hydrogen-bond acceptors (Lipinski definition) is 5. The van der Waals surface area contributed by atoms with E-state index in [9.17, 15) is 23.2 Å². The summed E-state index contributed by atoms with van der Waals surface area (Å²) in [6, 6.07) is 18.8. The van der Waals surface area contributed by atoms with E-state index in [4.69, 9.17) is 0 Å². The number of nitrogens with one attached hydrogen (secondary N) is 2. The van der Waals surface area contributed by atoms with Gasteiger partial charge in [-0.05, 0) is 42.3 Å². The lowest BCUT2D eigenvalue weighted by Gasteiger charge is -2.16. The van der Waals surface area contributed by atoms with Crippen LogP contribution in [0, 0.1) is 11.3 Å². The number of alkyl halides is 3. The minimum atomic E-state index is -4.55. The molecule has 0 aliphatic rings. The van der Waals surface area contributed by atoms with Crippen LogP contribution in [-0.4, -0.2) is 15.0 Å². The Morgan fingerprint density at radius 3 is 2.53 bits per heavy atom. The van der Waals surface area contributed by atoms with E-state index in [1.54, 1.807) is 12.1 Å². The van der Waals surface area contributed by atoms with Gasteiger partial charge in [0, 0.05) is 11.8 Å². The van der Waals surface area contributed by atoms with Gasteiger partial charge in [-0.15, -0.1) is 0 Å². The summed E-state index contributed by atoms with van der Waals surface area (Å²) in [7, 11) is 0. The zero-order chi connectivity index (χ0) is 24.3. The van der Waals surface area contributed by atoms with E-state index < -0.39 is 17.3 Å². The van der Waals surface area contributed by atoms with E-state index in [0.29, 0.717) is 11.3 Å². The second-order valence-corrected chi connectivity index (χ2v) is 7.53. The number of halogens is 3. The fourth-order valence-electron chi connectivity index (χ4n) is 3.49. The highest BCUT2D eigenvalue weighted by molar-refractivity contribution is 5.80. The van der Waals surface area contributed by atoms with Crippen molar-refractivity contribution >= 4 is 5.95 Å². The highest BCUT2D eigenvalue weighted by Crippen LogP contribution is 2.34. The van der Waals surface area contributed by atoms with Crippen LogP contribution in [-0.2, 0) is 6.18 Å². The maximum Gasteiger partial charge on any atom is 0.416 e. The molecule has 0 aliphatic heterocycles. The monoisotopic (exact) mass is 461 g/mol. The van der Waals surface area contributed by atoms with E-state index >= 15 is 0 Å². The number of anilines is 1. The van der Waals surface area contributed by atoms with Crippen molar-refractivity contribution in [3.63, 3.8) is 0 Å². The number of aromatic amines is 1. The van der Waals surface area contributed by atoms with Gasteiger partial charge in [-0.2, -0.15) is 18.4 Å². The van der Waals surface area contributed by atoms with Gasteiger partial charge < -0.3 is 10.3 Å². The minimum Gasteiger partial charge on any atom is -0.348 e. The molecule has 0 saturated carbocycles. The lowest BCUT2D eigenvalue weighted by Crippen LogP contribution is -2.13. The Bertz CT molecular complexity index is 1430. The third kappa shape index (κ3) is 4.81. The van der Waals surface area contributed by atoms with Crippen LogP contribution in [0.15, 0.2) is 77.7 Å². The minimum absolute atomic E-state index is 0.121. The van der Waals surface area contributed by atoms with Gasteiger partial charge in [-0.1, -0.05) is 42.5 Å². The molecular weight excluding hydrogens is 443 g/mol. The number of nitriles is 1. The number of hydrogen-bond donors (Lipinski definition) is 2. The first-order valence-corrected chi connectivity index (χ1v) is 10.3. The molecule has 9 heteroatoms. The van der Waals surface area contributed by atoms with E-state index in [1.165, 1.54) is 24.4 Å². The smallest absolute Gasteiger partial charge is 0.348 e. The van der Waals surface area contributed by atoms with Crippen molar-refractivity contribution in [1.82, 2.24) is 15.0 Å². The molecule has 0 aliphatic carbocycles. The summed E-state index contributed by atoms with van der Waals surface area (Å²) in [5, 5.41) is 12.5. The topological polar surface area (TPSA) is 94.5 Å². The lowest BCUT2D eigenvalue weighted by molar-refractivity contribution is -0.137. The molecule has 4 rings (SSSR count). The summed E-state index contributed by atoms with van der Waals surface area (Å²) < 4.78 is 39.8. The first-order valence-electron chi connectivity index (χ1n) is 10.3. The SMILES string of the molecule is C[C@H](Nc1nccc(-c2cc(C#N)c(=O)[nH]c2-c2cccc(C(F)(F)F)c2)n1)c1ccccc1. The summed E-state index contributed by atoms with van der Waals surface area (Å²) >= 11 is 0. The Balaban J connectivity index is 1.80. The number of aromatic nitrogens is 3. The molecule has 0 radical (unpaired) electrons. The molecule has 2 heterocycles. The van der Waals surface area contributed by atoms with Crippen LogP contribution < -0.4 is 10.9 Å². The first kappa shape index (κ1) is 22.7. The van der Waals surface area contributed by atoms with Crippen LogP contribution in [0.2, 0.25) is 0 Å². The Kier molecular flexibility index (Phi) is 6.15. The van der Waals surface area contributed by atoms with Crippen molar-refractivity contribution in [3.05, 3.63) is 100.0 Å². The Labute approximate surface area is 192 Å². The molecule has 0 spiro atoms. The van der Waals surface area contributed by atoms with Crippen molar-refractivity contribution in [2.75, 3.05) is 5.32 Å². The van der Waals surface area contributed by atoms with Crippen molar-refractivity contribution in [2.24, 2.45) is 0 Å². The lowest BCUT2D eigenvalue weighted by atomic mass is 10.00. The third-order valence-corrected chi connectivity index (χ3v) is 5.22. The normalized spacial score (nSPS) is 12.1. The molecular formula is C25H18F3N5O. The predicted octanol–water partition coefficient (Wildman–Crippen LogP) is 5.56. The average Bonchev–Trinajstić information content (AvgIpc) is 2.84. The van der Waals surface area contributed by atoms with E-state index in [-0.39, 0.29) is 28.8 Å². The fourth-order valence-corrected chi connectivity index (χ4v) is 3.49. The summed E-state index contributed by atoms with van der Waals surface area (Å²) in [6.07, 6.45) is -3.06. The predicted molar refractivity (Wildman–Crippen MR) is 122 cm³/mol. The molecule has 170 valence electrons.